The van der Waals surface area contributed by atoms with Gasteiger partial charge in [-0.1, -0.05) is 66.6 Å². The van der Waals surface area contributed by atoms with Crippen molar-refractivity contribution in [3.8, 4) is 0 Å². The van der Waals surface area contributed by atoms with Crippen LogP contribution in [0.5, 0.6) is 0 Å². The van der Waals surface area contributed by atoms with Crippen LogP contribution in [0.15, 0.2) is 48.5 Å². The zero-order valence-electron chi connectivity index (χ0n) is 16.9. The Bertz CT molecular complexity index is 807. The van der Waals surface area contributed by atoms with Crippen LogP contribution >= 0.6 is 11.6 Å². The topological polar surface area (TPSA) is 49.4 Å². The fourth-order valence-electron chi connectivity index (χ4n) is 3.31. The quantitative estimate of drug-likeness (QED) is 0.672. The van der Waals surface area contributed by atoms with E-state index >= 15 is 0 Å². The Hall–Kier alpha value is -2.33. The minimum absolute atomic E-state index is 0.0421. The molecule has 0 heterocycles. The molecule has 0 aliphatic carbocycles. The van der Waals surface area contributed by atoms with E-state index in [1.807, 2.05) is 63.2 Å². The van der Waals surface area contributed by atoms with Gasteiger partial charge in [0.25, 0.3) is 0 Å². The Morgan fingerprint density at radius 2 is 1.86 bits per heavy atom. The molecule has 0 aliphatic rings. The first-order valence-corrected chi connectivity index (χ1v) is 10.2. The monoisotopic (exact) mass is 400 g/mol. The molecule has 0 fully saturated rings. The zero-order valence-corrected chi connectivity index (χ0v) is 17.6. The van der Waals surface area contributed by atoms with Gasteiger partial charge in [0, 0.05) is 24.5 Å². The highest BCUT2D eigenvalue weighted by atomic mass is 35.5. The van der Waals surface area contributed by atoms with E-state index in [0.29, 0.717) is 37.4 Å². The molecule has 1 N–H and O–H groups in total. The summed E-state index contributed by atoms with van der Waals surface area (Å²) >= 11 is 6.23. The summed E-state index contributed by atoms with van der Waals surface area (Å²) in [5.41, 5.74) is 3.10. The summed E-state index contributed by atoms with van der Waals surface area (Å²) in [4.78, 5) is 27.4. The van der Waals surface area contributed by atoms with Gasteiger partial charge in [0.15, 0.2) is 0 Å². The van der Waals surface area contributed by atoms with Gasteiger partial charge in [0.1, 0.15) is 6.04 Å². The van der Waals surface area contributed by atoms with Gasteiger partial charge in [-0.25, -0.2) is 0 Å². The van der Waals surface area contributed by atoms with Crippen molar-refractivity contribution in [3.05, 3.63) is 70.2 Å². The fraction of sp³-hybridized carbons (Fsp3) is 0.391. The van der Waals surface area contributed by atoms with Crippen LogP contribution in [0.2, 0.25) is 5.02 Å². The van der Waals surface area contributed by atoms with Crippen LogP contribution < -0.4 is 5.32 Å². The molecule has 0 aromatic heterocycles. The van der Waals surface area contributed by atoms with Crippen LogP contribution in [0.4, 0.5) is 0 Å². The van der Waals surface area contributed by atoms with Crippen LogP contribution in [0, 0.1) is 6.92 Å². The Labute approximate surface area is 172 Å². The number of rotatable bonds is 9. The Morgan fingerprint density at radius 1 is 1.11 bits per heavy atom. The lowest BCUT2D eigenvalue weighted by molar-refractivity contribution is -0.141. The van der Waals surface area contributed by atoms with Crippen LogP contribution in [-0.2, 0) is 22.6 Å². The molecule has 5 heteroatoms. The maximum absolute atomic E-state index is 13.1. The number of hydrogen-bond donors (Lipinski definition) is 1. The smallest absolute Gasteiger partial charge is 0.242 e. The molecule has 2 aromatic rings. The third kappa shape index (κ3) is 6.10. The predicted octanol–water partition coefficient (Wildman–Crippen LogP) is 4.52. The molecule has 2 aromatic carbocycles. The van der Waals surface area contributed by atoms with Crippen molar-refractivity contribution < 1.29 is 9.59 Å². The molecule has 0 saturated carbocycles. The van der Waals surface area contributed by atoms with Gasteiger partial charge >= 0.3 is 0 Å². The Morgan fingerprint density at radius 3 is 2.50 bits per heavy atom. The van der Waals surface area contributed by atoms with Gasteiger partial charge in [-0.3, -0.25) is 9.59 Å². The Balaban J connectivity index is 2.21. The van der Waals surface area contributed by atoms with E-state index < -0.39 is 6.04 Å². The highest BCUT2D eigenvalue weighted by Crippen LogP contribution is 2.19. The summed E-state index contributed by atoms with van der Waals surface area (Å²) in [7, 11) is 0. The SMILES string of the molecule is CCNC(=O)[C@@H](CC)N(Cc1cccc(C)c1)C(=O)CCc1ccccc1Cl. The highest BCUT2D eigenvalue weighted by molar-refractivity contribution is 6.31. The number of halogens is 1. The van der Waals surface area contributed by atoms with Crippen molar-refractivity contribution in [2.75, 3.05) is 6.54 Å². The molecule has 28 heavy (non-hydrogen) atoms. The van der Waals surface area contributed by atoms with E-state index in [9.17, 15) is 9.59 Å². The normalized spacial score (nSPS) is 11.7. The molecule has 2 rings (SSSR count). The zero-order chi connectivity index (χ0) is 20.5. The number of benzene rings is 2. The van der Waals surface area contributed by atoms with E-state index in [-0.39, 0.29) is 11.8 Å². The maximum atomic E-state index is 13.1. The first-order valence-electron chi connectivity index (χ1n) is 9.82. The fourth-order valence-corrected chi connectivity index (χ4v) is 3.54. The second-order valence-corrected chi connectivity index (χ2v) is 7.33. The summed E-state index contributed by atoms with van der Waals surface area (Å²) in [5.74, 6) is -0.150. The number of nitrogens with one attached hydrogen (secondary N) is 1. The first kappa shape index (κ1) is 22.0. The molecule has 0 spiro atoms. The lowest BCUT2D eigenvalue weighted by Crippen LogP contribution is -2.49. The average molecular weight is 401 g/mol. The lowest BCUT2D eigenvalue weighted by Gasteiger charge is -2.30. The van der Waals surface area contributed by atoms with Gasteiger partial charge in [-0.15, -0.1) is 0 Å². The van der Waals surface area contributed by atoms with Gasteiger partial charge in [0.2, 0.25) is 11.8 Å². The van der Waals surface area contributed by atoms with Crippen molar-refractivity contribution >= 4 is 23.4 Å². The summed E-state index contributed by atoms with van der Waals surface area (Å²) in [6.45, 7) is 6.80. The number of aryl methyl sites for hydroxylation is 2. The standard InChI is InChI=1S/C23H29ClN2O2/c1-4-21(23(28)25-5-2)26(16-18-10-8-9-17(3)15-18)22(27)14-13-19-11-6-7-12-20(19)24/h6-12,15,21H,4-5,13-14,16H2,1-3H3,(H,25,28)/t21-/m1/s1. The molecular weight excluding hydrogens is 372 g/mol. The largest absolute Gasteiger partial charge is 0.355 e. The average Bonchev–Trinajstić information content (AvgIpc) is 2.67. The number of amides is 2. The van der Waals surface area contributed by atoms with Crippen molar-refractivity contribution in [2.45, 2.75) is 52.6 Å². The minimum Gasteiger partial charge on any atom is -0.355 e. The molecule has 1 atom stereocenters. The van der Waals surface area contributed by atoms with E-state index in [2.05, 4.69) is 11.4 Å². The van der Waals surface area contributed by atoms with Crippen molar-refractivity contribution in [1.29, 1.82) is 0 Å². The third-order valence-corrected chi connectivity index (χ3v) is 5.11. The summed E-state index contributed by atoms with van der Waals surface area (Å²) in [5, 5.41) is 3.52. The molecule has 4 nitrogen and oxygen atoms in total. The Kier molecular flexibility index (Phi) is 8.52. The van der Waals surface area contributed by atoms with Crippen LogP contribution in [0.3, 0.4) is 0 Å². The summed E-state index contributed by atoms with van der Waals surface area (Å²) < 4.78 is 0. The summed E-state index contributed by atoms with van der Waals surface area (Å²) in [6, 6.07) is 15.1. The highest BCUT2D eigenvalue weighted by Gasteiger charge is 2.28. The summed E-state index contributed by atoms with van der Waals surface area (Å²) in [6.07, 6.45) is 1.43. The van der Waals surface area contributed by atoms with Gasteiger partial charge in [-0.2, -0.15) is 0 Å². The molecule has 2 amide bonds. The number of carbonyl (C=O) groups is 2. The van der Waals surface area contributed by atoms with Gasteiger partial charge < -0.3 is 10.2 Å². The minimum atomic E-state index is -0.487. The second kappa shape index (κ2) is 10.9. The van der Waals surface area contributed by atoms with Crippen LogP contribution in [0.1, 0.15) is 43.4 Å². The molecule has 0 saturated heterocycles. The van der Waals surface area contributed by atoms with Gasteiger partial charge in [-0.05, 0) is 43.9 Å². The van der Waals surface area contributed by atoms with E-state index in [1.165, 1.54) is 0 Å². The number of likely N-dealkylation sites (N-methyl/N-ethyl adjacent to an activating group) is 1. The molecule has 150 valence electrons. The van der Waals surface area contributed by atoms with Crippen molar-refractivity contribution in [1.82, 2.24) is 10.2 Å². The third-order valence-electron chi connectivity index (χ3n) is 4.74. The molecular formula is C23H29ClN2O2. The maximum Gasteiger partial charge on any atom is 0.242 e. The van der Waals surface area contributed by atoms with Crippen molar-refractivity contribution in [3.63, 3.8) is 0 Å². The van der Waals surface area contributed by atoms with E-state index in [0.717, 1.165) is 16.7 Å². The van der Waals surface area contributed by atoms with E-state index in [1.54, 1.807) is 4.90 Å². The molecule has 0 bridgehead atoms. The number of carbonyl (C=O) groups excluding carboxylic acids is 2. The first-order chi connectivity index (χ1) is 13.5. The predicted molar refractivity (Wildman–Crippen MR) is 114 cm³/mol. The number of nitrogens with zero attached hydrogens (tertiary/aromatic N) is 1. The van der Waals surface area contributed by atoms with E-state index in [4.69, 9.17) is 11.6 Å². The molecule has 0 unspecified atom stereocenters. The van der Waals surface area contributed by atoms with Crippen LogP contribution in [0.25, 0.3) is 0 Å². The van der Waals surface area contributed by atoms with Crippen molar-refractivity contribution in [2.24, 2.45) is 0 Å². The van der Waals surface area contributed by atoms with Gasteiger partial charge in [0.05, 0.1) is 0 Å². The lowest BCUT2D eigenvalue weighted by atomic mass is 10.1. The van der Waals surface area contributed by atoms with Crippen LogP contribution in [-0.4, -0.2) is 29.3 Å². The second-order valence-electron chi connectivity index (χ2n) is 6.92. The number of hydrogen-bond acceptors (Lipinski definition) is 2. The molecule has 0 radical (unpaired) electrons. The molecule has 0 aliphatic heterocycles.